The summed E-state index contributed by atoms with van der Waals surface area (Å²) in [5, 5.41) is 8.95. The molecule has 0 heterocycles. The fourth-order valence-electron chi connectivity index (χ4n) is 4.59. The Labute approximate surface area is 194 Å². The van der Waals surface area contributed by atoms with Crippen molar-refractivity contribution in [1.29, 1.82) is 0 Å². The molecule has 180 valence electrons. The van der Waals surface area contributed by atoms with Crippen LogP contribution in [0.5, 0.6) is 0 Å². The van der Waals surface area contributed by atoms with Gasteiger partial charge in [-0.15, -0.1) is 0 Å². The summed E-state index contributed by atoms with van der Waals surface area (Å²) in [7, 11) is 3.79. The van der Waals surface area contributed by atoms with Gasteiger partial charge in [-0.05, 0) is 80.5 Å². The lowest BCUT2D eigenvalue weighted by molar-refractivity contribution is -0.137. The number of rotatable bonds is 8. The van der Waals surface area contributed by atoms with Gasteiger partial charge in [-0.3, -0.25) is 4.79 Å². The monoisotopic (exact) mass is 462 g/mol. The van der Waals surface area contributed by atoms with Gasteiger partial charge in [-0.25, -0.2) is 0 Å². The number of carbonyl (C=O) groups is 1. The van der Waals surface area contributed by atoms with Gasteiger partial charge >= 0.3 is 6.18 Å². The molecule has 33 heavy (non-hydrogen) atoms. The van der Waals surface area contributed by atoms with Crippen molar-refractivity contribution in [2.24, 2.45) is 0 Å². The minimum absolute atomic E-state index is 0.0930. The molecular formula is C26H33F3N2O2. The van der Waals surface area contributed by atoms with Gasteiger partial charge < -0.3 is 14.9 Å². The number of benzene rings is 2. The Balaban J connectivity index is 1.52. The normalized spacial score (nSPS) is 19.0. The number of aliphatic hydroxyl groups excluding tert-OH is 1. The second-order valence-electron chi connectivity index (χ2n) is 9.05. The zero-order valence-corrected chi connectivity index (χ0v) is 19.3. The number of alkyl halides is 3. The van der Waals surface area contributed by atoms with Crippen molar-refractivity contribution in [3.63, 3.8) is 0 Å². The van der Waals surface area contributed by atoms with E-state index < -0.39 is 11.7 Å². The third kappa shape index (κ3) is 6.81. The molecule has 0 unspecified atom stereocenters. The molecule has 3 rings (SSSR count). The van der Waals surface area contributed by atoms with Crippen molar-refractivity contribution in [2.75, 3.05) is 27.2 Å². The Morgan fingerprint density at radius 3 is 2.12 bits per heavy atom. The van der Waals surface area contributed by atoms with Crippen molar-refractivity contribution < 1.29 is 23.1 Å². The molecule has 4 nitrogen and oxygen atoms in total. The van der Waals surface area contributed by atoms with E-state index in [4.69, 9.17) is 5.11 Å². The van der Waals surface area contributed by atoms with E-state index in [1.54, 1.807) is 11.9 Å². The number of carbonyl (C=O) groups excluding carboxylic acids is 1. The van der Waals surface area contributed by atoms with Crippen LogP contribution in [-0.4, -0.2) is 54.1 Å². The van der Waals surface area contributed by atoms with Gasteiger partial charge in [0.05, 0.1) is 5.56 Å². The van der Waals surface area contributed by atoms with Crippen LogP contribution in [0.3, 0.4) is 0 Å². The fourth-order valence-corrected chi connectivity index (χ4v) is 4.59. The lowest BCUT2D eigenvalue weighted by atomic mass is 9.81. The van der Waals surface area contributed by atoms with E-state index in [9.17, 15) is 18.0 Å². The van der Waals surface area contributed by atoms with Gasteiger partial charge in [0.2, 0.25) is 0 Å². The van der Waals surface area contributed by atoms with E-state index in [-0.39, 0.29) is 24.1 Å². The molecule has 1 N–H and O–H groups in total. The van der Waals surface area contributed by atoms with Crippen molar-refractivity contribution >= 4 is 5.91 Å². The van der Waals surface area contributed by atoms with Crippen molar-refractivity contribution in [1.82, 2.24) is 9.80 Å². The molecule has 1 amide bonds. The minimum atomic E-state index is -4.40. The quantitative estimate of drug-likeness (QED) is 0.578. The largest absolute Gasteiger partial charge is 0.416 e. The van der Waals surface area contributed by atoms with Crippen LogP contribution in [0.15, 0.2) is 48.5 Å². The standard InChI is InChI=1S/C26H33F3N2O2/c1-30(16-3-17-32)18-19-4-6-20(7-5-19)21-10-14-24(15-11-21)31(2)25(33)22-8-12-23(13-9-22)26(27,28)29/h4-9,12-13,21,24,32H,3,10-11,14-18H2,1-2H3/t21-,24-. The van der Waals surface area contributed by atoms with Crippen molar-refractivity contribution in [2.45, 2.75) is 56.8 Å². The minimum Gasteiger partial charge on any atom is -0.396 e. The topological polar surface area (TPSA) is 43.8 Å². The summed E-state index contributed by atoms with van der Waals surface area (Å²) in [5.41, 5.74) is 2.10. The summed E-state index contributed by atoms with van der Waals surface area (Å²) in [6, 6.07) is 13.3. The Morgan fingerprint density at radius 1 is 0.970 bits per heavy atom. The second-order valence-corrected chi connectivity index (χ2v) is 9.05. The smallest absolute Gasteiger partial charge is 0.396 e. The lowest BCUT2D eigenvalue weighted by Gasteiger charge is -2.35. The maximum Gasteiger partial charge on any atom is 0.416 e. The highest BCUT2D eigenvalue weighted by Crippen LogP contribution is 2.35. The summed E-state index contributed by atoms with van der Waals surface area (Å²) in [4.78, 5) is 16.7. The molecule has 0 spiro atoms. The molecule has 1 fully saturated rings. The number of nitrogens with zero attached hydrogens (tertiary/aromatic N) is 2. The van der Waals surface area contributed by atoms with E-state index in [0.29, 0.717) is 5.92 Å². The molecular weight excluding hydrogens is 429 g/mol. The lowest BCUT2D eigenvalue weighted by Crippen LogP contribution is -2.39. The van der Waals surface area contributed by atoms with Gasteiger partial charge in [0, 0.05) is 38.3 Å². The molecule has 1 aliphatic carbocycles. The summed E-state index contributed by atoms with van der Waals surface area (Å²) in [6.45, 7) is 1.92. The van der Waals surface area contributed by atoms with Gasteiger partial charge in [0.25, 0.3) is 5.91 Å². The predicted octanol–water partition coefficient (Wildman–Crippen LogP) is 5.32. The maximum absolute atomic E-state index is 12.8. The Morgan fingerprint density at radius 2 is 1.58 bits per heavy atom. The fraction of sp³-hybridized carbons (Fsp3) is 0.500. The Bertz CT molecular complexity index is 889. The Hall–Kier alpha value is -2.38. The Kier molecular flexibility index (Phi) is 8.54. The van der Waals surface area contributed by atoms with Crippen LogP contribution < -0.4 is 0 Å². The summed E-state index contributed by atoms with van der Waals surface area (Å²) < 4.78 is 38.3. The zero-order chi connectivity index (χ0) is 24.0. The second kappa shape index (κ2) is 11.2. The number of aliphatic hydroxyl groups is 1. The first-order chi connectivity index (χ1) is 15.7. The number of hydrogen-bond acceptors (Lipinski definition) is 3. The number of amides is 1. The first-order valence-electron chi connectivity index (χ1n) is 11.5. The molecule has 0 saturated heterocycles. The number of halogens is 3. The average Bonchev–Trinajstić information content (AvgIpc) is 2.82. The van der Waals surface area contributed by atoms with Crippen LogP contribution in [0.4, 0.5) is 13.2 Å². The van der Waals surface area contributed by atoms with Crippen molar-refractivity contribution in [3.05, 3.63) is 70.8 Å². The molecule has 0 atom stereocenters. The summed E-state index contributed by atoms with van der Waals surface area (Å²) in [5.74, 6) is 0.221. The molecule has 2 aromatic rings. The SMILES string of the molecule is CN(CCCO)Cc1ccc([C@H]2CC[C@H](N(C)C(=O)c3ccc(C(F)(F)F)cc3)CC2)cc1. The van der Waals surface area contributed by atoms with Gasteiger partial charge in [-0.1, -0.05) is 24.3 Å². The van der Waals surface area contributed by atoms with Crippen LogP contribution in [0.2, 0.25) is 0 Å². The zero-order valence-electron chi connectivity index (χ0n) is 19.3. The van der Waals surface area contributed by atoms with Crippen molar-refractivity contribution in [3.8, 4) is 0 Å². The number of hydrogen-bond donors (Lipinski definition) is 1. The third-order valence-electron chi connectivity index (χ3n) is 6.63. The van der Waals surface area contributed by atoms with Gasteiger partial charge in [0.15, 0.2) is 0 Å². The van der Waals surface area contributed by atoms with E-state index in [2.05, 4.69) is 29.2 Å². The molecule has 0 aromatic heterocycles. The molecule has 1 aliphatic rings. The average molecular weight is 463 g/mol. The predicted molar refractivity (Wildman–Crippen MR) is 123 cm³/mol. The summed E-state index contributed by atoms with van der Waals surface area (Å²) in [6.07, 6.45) is 0.0714. The van der Waals surface area contributed by atoms with Crippen LogP contribution >= 0.6 is 0 Å². The van der Waals surface area contributed by atoms with Gasteiger partial charge in [0.1, 0.15) is 0 Å². The highest BCUT2D eigenvalue weighted by atomic mass is 19.4. The third-order valence-corrected chi connectivity index (χ3v) is 6.63. The highest BCUT2D eigenvalue weighted by molar-refractivity contribution is 5.94. The molecule has 0 radical (unpaired) electrons. The molecule has 2 aromatic carbocycles. The van der Waals surface area contributed by atoms with Crippen LogP contribution in [0.1, 0.15) is 65.1 Å². The molecule has 0 aliphatic heterocycles. The van der Waals surface area contributed by atoms with E-state index in [1.165, 1.54) is 23.3 Å². The first-order valence-corrected chi connectivity index (χ1v) is 11.5. The van der Waals surface area contributed by atoms with E-state index in [0.717, 1.165) is 57.3 Å². The van der Waals surface area contributed by atoms with Crippen LogP contribution in [0, 0.1) is 0 Å². The van der Waals surface area contributed by atoms with E-state index >= 15 is 0 Å². The molecule has 7 heteroatoms. The van der Waals surface area contributed by atoms with Crippen LogP contribution in [0.25, 0.3) is 0 Å². The van der Waals surface area contributed by atoms with Gasteiger partial charge in [-0.2, -0.15) is 13.2 Å². The first kappa shape index (κ1) is 25.2. The summed E-state index contributed by atoms with van der Waals surface area (Å²) >= 11 is 0. The van der Waals surface area contributed by atoms with Crippen LogP contribution in [-0.2, 0) is 12.7 Å². The van der Waals surface area contributed by atoms with E-state index in [1.807, 2.05) is 7.05 Å². The maximum atomic E-state index is 12.8. The molecule has 1 saturated carbocycles. The highest BCUT2D eigenvalue weighted by Gasteiger charge is 2.31. The molecule has 0 bridgehead atoms.